The lowest BCUT2D eigenvalue weighted by molar-refractivity contribution is 0.146. The Morgan fingerprint density at radius 3 is 3.07 bits per heavy atom. The molecule has 2 aliphatic heterocycles. The first-order valence-electron chi connectivity index (χ1n) is 5.54. The molecule has 0 aromatic carbocycles. The molecule has 0 radical (unpaired) electrons. The highest BCUT2D eigenvalue weighted by Crippen LogP contribution is 2.27. The number of alkyl carbamates (subject to hydrolysis) is 1. The molecule has 4 nitrogen and oxygen atoms in total. The number of nitrogens with zero attached hydrogens (tertiary/aromatic N) is 1. The summed E-state index contributed by atoms with van der Waals surface area (Å²) in [7, 11) is 0. The first-order valence-corrected chi connectivity index (χ1v) is 6.08. The molecule has 1 N–H and O–H groups in total. The number of ether oxygens (including phenoxy) is 1. The highest BCUT2D eigenvalue weighted by atomic mass is 35.5. The third kappa shape index (κ3) is 2.55. The van der Waals surface area contributed by atoms with Crippen LogP contribution in [0.25, 0.3) is 0 Å². The Bertz CT molecular complexity index is 237. The van der Waals surface area contributed by atoms with Crippen molar-refractivity contribution in [3.05, 3.63) is 0 Å². The first-order chi connectivity index (χ1) is 7.31. The number of carbonyl (C=O) groups is 1. The van der Waals surface area contributed by atoms with Crippen LogP contribution in [0.4, 0.5) is 4.79 Å². The zero-order chi connectivity index (χ0) is 10.7. The van der Waals surface area contributed by atoms with Crippen LogP contribution < -0.4 is 5.32 Å². The number of hydrogen-bond donors (Lipinski definition) is 1. The lowest BCUT2D eigenvalue weighted by Gasteiger charge is -2.32. The van der Waals surface area contributed by atoms with E-state index in [1.807, 2.05) is 0 Å². The average Bonchev–Trinajstić information content (AvgIpc) is 2.62. The zero-order valence-corrected chi connectivity index (χ0v) is 9.50. The summed E-state index contributed by atoms with van der Waals surface area (Å²) in [6.07, 6.45) is 4.38. The number of nitrogens with one attached hydrogen (secondary N) is 1. The third-order valence-corrected chi connectivity index (χ3v) is 3.45. The maximum absolute atomic E-state index is 11.2. The van der Waals surface area contributed by atoms with Crippen LogP contribution in [0.2, 0.25) is 0 Å². The van der Waals surface area contributed by atoms with Crippen molar-refractivity contribution in [2.24, 2.45) is 0 Å². The number of fused-ring (bicyclic) bond motifs is 1. The fourth-order valence-electron chi connectivity index (χ4n) is 2.66. The fourth-order valence-corrected chi connectivity index (χ4v) is 2.76. The van der Waals surface area contributed by atoms with Crippen molar-refractivity contribution in [3.63, 3.8) is 0 Å². The molecule has 0 saturated carbocycles. The molecule has 2 heterocycles. The molecular weight excluding hydrogens is 216 g/mol. The van der Waals surface area contributed by atoms with E-state index in [2.05, 4.69) is 15.0 Å². The molecule has 2 aliphatic rings. The van der Waals surface area contributed by atoms with Crippen LogP contribution in [-0.2, 0) is 4.74 Å². The van der Waals surface area contributed by atoms with E-state index in [-0.39, 0.29) is 18.2 Å². The average molecular weight is 233 g/mol. The molecule has 0 spiro atoms. The normalized spacial score (nSPS) is 31.0. The van der Waals surface area contributed by atoms with Crippen molar-refractivity contribution in [3.8, 4) is 0 Å². The van der Waals surface area contributed by atoms with E-state index in [4.69, 9.17) is 11.6 Å². The van der Waals surface area contributed by atoms with Gasteiger partial charge in [0, 0.05) is 18.6 Å². The molecule has 0 aliphatic carbocycles. The Morgan fingerprint density at radius 2 is 2.27 bits per heavy atom. The van der Waals surface area contributed by atoms with E-state index < -0.39 is 0 Å². The molecule has 0 aromatic heterocycles. The molecule has 2 atom stereocenters. The standard InChI is InChI=1S/C10H17ClN2O2/c11-7-15-10(14)12-8-4-6-13-5-2-1-3-9(8)13/h8-9H,1-7H2,(H,12,14). The van der Waals surface area contributed by atoms with Crippen LogP contribution in [0.5, 0.6) is 0 Å². The Balaban J connectivity index is 1.85. The number of hydrogen-bond acceptors (Lipinski definition) is 3. The number of piperidine rings is 1. The maximum atomic E-state index is 11.2. The molecule has 2 rings (SSSR count). The van der Waals surface area contributed by atoms with Crippen molar-refractivity contribution < 1.29 is 9.53 Å². The Hall–Kier alpha value is -0.480. The van der Waals surface area contributed by atoms with Gasteiger partial charge in [-0.3, -0.25) is 4.90 Å². The monoisotopic (exact) mass is 232 g/mol. The highest BCUT2D eigenvalue weighted by Gasteiger charge is 2.36. The summed E-state index contributed by atoms with van der Waals surface area (Å²) in [5, 5.41) is 2.89. The number of halogens is 1. The molecule has 2 saturated heterocycles. The van der Waals surface area contributed by atoms with Crippen LogP contribution in [0, 0.1) is 0 Å². The van der Waals surface area contributed by atoms with Crippen molar-refractivity contribution in [2.75, 3.05) is 19.2 Å². The van der Waals surface area contributed by atoms with E-state index in [0.717, 1.165) is 13.0 Å². The molecule has 2 fully saturated rings. The van der Waals surface area contributed by atoms with Crippen molar-refractivity contribution in [1.29, 1.82) is 0 Å². The minimum Gasteiger partial charge on any atom is -0.433 e. The first kappa shape index (κ1) is 11.0. The maximum Gasteiger partial charge on any atom is 0.408 e. The number of amides is 1. The second-order valence-corrected chi connectivity index (χ2v) is 4.40. The van der Waals surface area contributed by atoms with Gasteiger partial charge in [-0.2, -0.15) is 0 Å². The molecule has 0 aromatic rings. The minimum absolute atomic E-state index is 0.0765. The van der Waals surface area contributed by atoms with E-state index >= 15 is 0 Å². The Morgan fingerprint density at radius 1 is 1.40 bits per heavy atom. The second-order valence-electron chi connectivity index (χ2n) is 4.18. The summed E-state index contributed by atoms with van der Waals surface area (Å²) >= 11 is 5.33. The van der Waals surface area contributed by atoms with Gasteiger partial charge >= 0.3 is 6.09 Å². The second kappa shape index (κ2) is 5.03. The van der Waals surface area contributed by atoms with Gasteiger partial charge in [-0.1, -0.05) is 18.0 Å². The van der Waals surface area contributed by atoms with Crippen LogP contribution in [0.1, 0.15) is 25.7 Å². The van der Waals surface area contributed by atoms with Crippen LogP contribution in [-0.4, -0.2) is 42.2 Å². The topological polar surface area (TPSA) is 41.6 Å². The van der Waals surface area contributed by atoms with Gasteiger partial charge in [0.05, 0.1) is 0 Å². The lowest BCUT2D eigenvalue weighted by atomic mass is 9.99. The Kier molecular flexibility index (Phi) is 3.70. The molecule has 86 valence electrons. The quantitative estimate of drug-likeness (QED) is 0.735. The summed E-state index contributed by atoms with van der Waals surface area (Å²) in [5.41, 5.74) is 0. The zero-order valence-electron chi connectivity index (χ0n) is 8.75. The summed E-state index contributed by atoms with van der Waals surface area (Å²) in [6, 6.07) is 0.690. The van der Waals surface area contributed by atoms with Crippen molar-refractivity contribution >= 4 is 17.7 Å². The van der Waals surface area contributed by atoms with Gasteiger partial charge in [0.25, 0.3) is 0 Å². The number of rotatable bonds is 2. The van der Waals surface area contributed by atoms with Gasteiger partial charge in [0.15, 0.2) is 6.07 Å². The summed E-state index contributed by atoms with van der Waals surface area (Å²) in [6.45, 7) is 2.27. The molecule has 5 heteroatoms. The fraction of sp³-hybridized carbons (Fsp3) is 0.900. The minimum atomic E-state index is -0.387. The largest absolute Gasteiger partial charge is 0.433 e. The van der Waals surface area contributed by atoms with Crippen LogP contribution in [0.3, 0.4) is 0 Å². The smallest absolute Gasteiger partial charge is 0.408 e. The summed E-state index contributed by atoms with van der Waals surface area (Å²) in [5.74, 6) is 0. The van der Waals surface area contributed by atoms with E-state index in [0.29, 0.717) is 6.04 Å². The summed E-state index contributed by atoms with van der Waals surface area (Å²) in [4.78, 5) is 13.7. The number of carbonyl (C=O) groups excluding carboxylic acids is 1. The number of alkyl halides is 1. The van der Waals surface area contributed by atoms with Gasteiger partial charge in [0.2, 0.25) is 0 Å². The summed E-state index contributed by atoms with van der Waals surface area (Å²) < 4.78 is 4.68. The molecule has 1 amide bonds. The van der Waals surface area contributed by atoms with E-state index in [1.54, 1.807) is 0 Å². The molecule has 2 unspecified atom stereocenters. The van der Waals surface area contributed by atoms with Crippen molar-refractivity contribution in [1.82, 2.24) is 10.2 Å². The van der Waals surface area contributed by atoms with Crippen molar-refractivity contribution in [2.45, 2.75) is 37.8 Å². The van der Waals surface area contributed by atoms with Crippen LogP contribution in [0.15, 0.2) is 0 Å². The van der Waals surface area contributed by atoms with Gasteiger partial charge < -0.3 is 10.1 Å². The molecular formula is C10H17ClN2O2. The highest BCUT2D eigenvalue weighted by molar-refractivity contribution is 6.17. The van der Waals surface area contributed by atoms with Gasteiger partial charge in [-0.15, -0.1) is 0 Å². The van der Waals surface area contributed by atoms with E-state index in [1.165, 1.54) is 25.8 Å². The molecule has 15 heavy (non-hydrogen) atoms. The SMILES string of the molecule is O=C(NC1CCN2CCCCC12)OCCl. The van der Waals surface area contributed by atoms with Crippen LogP contribution >= 0.6 is 11.6 Å². The predicted octanol–water partition coefficient (Wildman–Crippen LogP) is 1.54. The van der Waals surface area contributed by atoms with E-state index in [9.17, 15) is 4.79 Å². The Labute approximate surface area is 94.9 Å². The lowest BCUT2D eigenvalue weighted by Crippen LogP contribution is -2.46. The van der Waals surface area contributed by atoms with Gasteiger partial charge in [-0.25, -0.2) is 4.79 Å². The predicted molar refractivity (Wildman–Crippen MR) is 58.0 cm³/mol. The van der Waals surface area contributed by atoms with Gasteiger partial charge in [0.1, 0.15) is 0 Å². The van der Waals surface area contributed by atoms with Gasteiger partial charge in [-0.05, 0) is 25.8 Å². The third-order valence-electron chi connectivity index (χ3n) is 3.34. The molecule has 0 bridgehead atoms.